The molecule has 0 atom stereocenters. The van der Waals surface area contributed by atoms with E-state index in [9.17, 15) is 8.78 Å². The second kappa shape index (κ2) is 2.88. The molecule has 0 unspecified atom stereocenters. The van der Waals surface area contributed by atoms with E-state index in [0.29, 0.717) is 5.56 Å². The van der Waals surface area contributed by atoms with Gasteiger partial charge in [0.15, 0.2) is 5.76 Å². The highest BCUT2D eigenvalue weighted by Gasteiger charge is 2.25. The van der Waals surface area contributed by atoms with Crippen molar-refractivity contribution in [2.45, 2.75) is 32.6 Å². The number of alkyl halides is 2. The van der Waals surface area contributed by atoms with Gasteiger partial charge in [0.05, 0.1) is 6.26 Å². The molecule has 0 saturated carbocycles. The third-order valence-corrected chi connectivity index (χ3v) is 1.70. The molecule has 1 aromatic heterocycles. The quantitative estimate of drug-likeness (QED) is 0.634. The van der Waals surface area contributed by atoms with Crippen molar-refractivity contribution in [1.82, 2.24) is 0 Å². The molecule has 0 aliphatic heterocycles. The van der Waals surface area contributed by atoms with Crippen LogP contribution in [0.1, 0.15) is 38.5 Å². The lowest BCUT2D eigenvalue weighted by molar-refractivity contribution is 0.119. The van der Waals surface area contributed by atoms with Crippen LogP contribution in [0.15, 0.2) is 16.7 Å². The van der Waals surface area contributed by atoms with Crippen molar-refractivity contribution < 1.29 is 13.2 Å². The Morgan fingerprint density at radius 2 is 1.92 bits per heavy atom. The number of rotatable bonds is 1. The molecular weight excluding hydrogens is 162 g/mol. The maximum Gasteiger partial charge on any atom is 0.295 e. The molecule has 0 aliphatic carbocycles. The van der Waals surface area contributed by atoms with Gasteiger partial charge >= 0.3 is 0 Å². The SMILES string of the molecule is CC(C)(C)c1ccoc1C(F)F. The van der Waals surface area contributed by atoms with Crippen LogP contribution in [0.5, 0.6) is 0 Å². The van der Waals surface area contributed by atoms with E-state index in [1.165, 1.54) is 6.26 Å². The first-order valence-corrected chi connectivity index (χ1v) is 3.79. The Balaban J connectivity index is 3.08. The van der Waals surface area contributed by atoms with E-state index in [4.69, 9.17) is 4.42 Å². The summed E-state index contributed by atoms with van der Waals surface area (Å²) in [6.45, 7) is 5.64. The Hall–Kier alpha value is -0.860. The first-order chi connectivity index (χ1) is 5.43. The lowest BCUT2D eigenvalue weighted by Crippen LogP contribution is -2.12. The van der Waals surface area contributed by atoms with E-state index in [1.807, 2.05) is 20.8 Å². The van der Waals surface area contributed by atoms with Gasteiger partial charge in [0, 0.05) is 5.56 Å². The van der Waals surface area contributed by atoms with Gasteiger partial charge in [-0.2, -0.15) is 0 Å². The molecule has 1 aromatic rings. The van der Waals surface area contributed by atoms with Crippen molar-refractivity contribution in [3.05, 3.63) is 23.7 Å². The van der Waals surface area contributed by atoms with Gasteiger partial charge < -0.3 is 4.42 Å². The fraction of sp³-hybridized carbons (Fsp3) is 0.556. The van der Waals surface area contributed by atoms with Crippen molar-refractivity contribution in [3.63, 3.8) is 0 Å². The van der Waals surface area contributed by atoms with Gasteiger partial charge in [0.1, 0.15) is 0 Å². The summed E-state index contributed by atoms with van der Waals surface area (Å²) in [5, 5.41) is 0. The fourth-order valence-electron chi connectivity index (χ4n) is 1.11. The van der Waals surface area contributed by atoms with Gasteiger partial charge in [-0.25, -0.2) is 8.78 Å². The molecule has 1 nitrogen and oxygen atoms in total. The highest BCUT2D eigenvalue weighted by molar-refractivity contribution is 5.25. The summed E-state index contributed by atoms with van der Waals surface area (Å²) >= 11 is 0. The van der Waals surface area contributed by atoms with Crippen LogP contribution in [0.3, 0.4) is 0 Å². The molecule has 0 spiro atoms. The van der Waals surface area contributed by atoms with E-state index in [2.05, 4.69) is 0 Å². The van der Waals surface area contributed by atoms with Crippen molar-refractivity contribution >= 4 is 0 Å². The molecule has 0 amide bonds. The summed E-state index contributed by atoms with van der Waals surface area (Å²) < 4.78 is 29.3. The molecule has 3 heteroatoms. The predicted octanol–water partition coefficient (Wildman–Crippen LogP) is 3.51. The third kappa shape index (κ3) is 1.65. The molecule has 68 valence electrons. The topological polar surface area (TPSA) is 13.1 Å². The fourth-order valence-corrected chi connectivity index (χ4v) is 1.11. The van der Waals surface area contributed by atoms with E-state index in [0.717, 1.165) is 0 Å². The van der Waals surface area contributed by atoms with E-state index in [-0.39, 0.29) is 11.2 Å². The zero-order valence-corrected chi connectivity index (χ0v) is 7.40. The summed E-state index contributed by atoms with van der Waals surface area (Å²) in [6.07, 6.45) is -1.21. The molecule has 1 heterocycles. The molecule has 12 heavy (non-hydrogen) atoms. The van der Waals surface area contributed by atoms with Gasteiger partial charge in [0.25, 0.3) is 6.43 Å². The van der Waals surface area contributed by atoms with Gasteiger partial charge in [-0.15, -0.1) is 0 Å². The third-order valence-electron chi connectivity index (χ3n) is 1.70. The smallest absolute Gasteiger partial charge is 0.295 e. The first kappa shape index (κ1) is 9.23. The normalized spacial score (nSPS) is 12.5. The van der Waals surface area contributed by atoms with E-state index in [1.54, 1.807) is 6.07 Å². The molecule has 0 N–H and O–H groups in total. The van der Waals surface area contributed by atoms with Crippen LogP contribution in [0.2, 0.25) is 0 Å². The van der Waals surface area contributed by atoms with E-state index >= 15 is 0 Å². The van der Waals surface area contributed by atoms with Gasteiger partial charge in [-0.1, -0.05) is 20.8 Å². The minimum absolute atomic E-state index is 0.206. The van der Waals surface area contributed by atoms with E-state index < -0.39 is 6.43 Å². The van der Waals surface area contributed by atoms with Gasteiger partial charge in [-0.3, -0.25) is 0 Å². The van der Waals surface area contributed by atoms with Crippen LogP contribution in [0.25, 0.3) is 0 Å². The Kier molecular flexibility index (Phi) is 2.22. The lowest BCUT2D eigenvalue weighted by Gasteiger charge is -2.17. The molecule has 0 fully saturated rings. The highest BCUT2D eigenvalue weighted by Crippen LogP contribution is 2.32. The molecule has 1 rings (SSSR count). The molecule has 0 saturated heterocycles. The standard InChI is InChI=1S/C9H12F2O/c1-9(2,3)6-4-5-12-7(6)8(10)11/h4-5,8H,1-3H3. The monoisotopic (exact) mass is 174 g/mol. The zero-order valence-electron chi connectivity index (χ0n) is 7.40. The Morgan fingerprint density at radius 3 is 2.25 bits per heavy atom. The van der Waals surface area contributed by atoms with Crippen LogP contribution < -0.4 is 0 Å². The van der Waals surface area contributed by atoms with Crippen molar-refractivity contribution in [1.29, 1.82) is 0 Å². The second-order valence-electron chi connectivity index (χ2n) is 3.75. The Bertz CT molecular complexity index is 258. The Labute approximate surface area is 70.4 Å². The average Bonchev–Trinajstić information content (AvgIpc) is 2.30. The number of hydrogen-bond acceptors (Lipinski definition) is 1. The Morgan fingerprint density at radius 1 is 1.33 bits per heavy atom. The van der Waals surface area contributed by atoms with Gasteiger partial charge in [-0.05, 0) is 11.5 Å². The van der Waals surface area contributed by atoms with Crippen LogP contribution in [-0.2, 0) is 5.41 Å². The summed E-state index contributed by atoms with van der Waals surface area (Å²) in [5.74, 6) is -0.206. The first-order valence-electron chi connectivity index (χ1n) is 3.79. The van der Waals surface area contributed by atoms with Crippen LogP contribution in [0, 0.1) is 0 Å². The maximum absolute atomic E-state index is 12.3. The highest BCUT2D eigenvalue weighted by atomic mass is 19.3. The van der Waals surface area contributed by atoms with Crippen LogP contribution >= 0.6 is 0 Å². The van der Waals surface area contributed by atoms with Crippen molar-refractivity contribution in [3.8, 4) is 0 Å². The summed E-state index contributed by atoms with van der Waals surface area (Å²) in [6, 6.07) is 1.60. The largest absolute Gasteiger partial charge is 0.463 e. The average molecular weight is 174 g/mol. The van der Waals surface area contributed by atoms with Crippen LogP contribution in [0.4, 0.5) is 8.78 Å². The summed E-state index contributed by atoms with van der Waals surface area (Å²) in [7, 11) is 0. The number of halogens is 2. The minimum atomic E-state index is -2.52. The summed E-state index contributed by atoms with van der Waals surface area (Å²) in [4.78, 5) is 0. The number of hydrogen-bond donors (Lipinski definition) is 0. The van der Waals surface area contributed by atoms with Gasteiger partial charge in [0.2, 0.25) is 0 Å². The van der Waals surface area contributed by atoms with Crippen LogP contribution in [-0.4, -0.2) is 0 Å². The predicted molar refractivity (Wildman–Crippen MR) is 42.4 cm³/mol. The molecule has 0 radical (unpaired) electrons. The molecular formula is C9H12F2O. The number of furan rings is 1. The van der Waals surface area contributed by atoms with Crippen molar-refractivity contribution in [2.75, 3.05) is 0 Å². The molecule has 0 bridgehead atoms. The molecule has 0 aromatic carbocycles. The summed E-state index contributed by atoms with van der Waals surface area (Å²) in [5.41, 5.74) is 0.302. The second-order valence-corrected chi connectivity index (χ2v) is 3.75. The molecule has 0 aliphatic rings. The van der Waals surface area contributed by atoms with Crippen molar-refractivity contribution in [2.24, 2.45) is 0 Å². The maximum atomic E-state index is 12.3. The minimum Gasteiger partial charge on any atom is -0.463 e. The lowest BCUT2D eigenvalue weighted by atomic mass is 9.87. The zero-order chi connectivity index (χ0) is 9.35.